The second kappa shape index (κ2) is 5.81. The van der Waals surface area contributed by atoms with E-state index in [1.165, 1.54) is 0 Å². The molecular formula is C18H16N4O2. The van der Waals surface area contributed by atoms with Crippen molar-refractivity contribution in [3.05, 3.63) is 65.9 Å². The molecule has 1 N–H and O–H groups in total. The largest absolute Gasteiger partial charge is 0.497 e. The van der Waals surface area contributed by atoms with Crippen molar-refractivity contribution in [3.8, 4) is 17.0 Å². The molecule has 4 rings (SSSR count). The summed E-state index contributed by atoms with van der Waals surface area (Å²) in [4.78, 5) is 12.1. The van der Waals surface area contributed by atoms with E-state index >= 15 is 0 Å². The van der Waals surface area contributed by atoms with Crippen LogP contribution in [0.5, 0.6) is 5.75 Å². The Morgan fingerprint density at radius 3 is 2.58 bits per heavy atom. The summed E-state index contributed by atoms with van der Waals surface area (Å²) >= 11 is 0. The Bertz CT molecular complexity index is 872. The molecule has 0 bridgehead atoms. The zero-order valence-corrected chi connectivity index (χ0v) is 13.1. The summed E-state index contributed by atoms with van der Waals surface area (Å²) in [5.74, 6) is 0.698. The predicted molar refractivity (Wildman–Crippen MR) is 88.4 cm³/mol. The summed E-state index contributed by atoms with van der Waals surface area (Å²) in [5, 5.41) is 11.5. The standard InChI is InChI=1S/C18H16N4O2/c1-24-14-9-7-13(8-10-14)16-18-17(12-5-3-2-4-6-12)20-21-22(18)11-15(23)19-16/h2-10,16H,11H2,1H3,(H,19,23). The first-order valence-corrected chi connectivity index (χ1v) is 7.68. The van der Waals surface area contributed by atoms with Crippen LogP contribution in [0.15, 0.2) is 54.6 Å². The minimum Gasteiger partial charge on any atom is -0.497 e. The average molecular weight is 320 g/mol. The smallest absolute Gasteiger partial charge is 0.242 e. The molecular weight excluding hydrogens is 304 g/mol. The van der Waals surface area contributed by atoms with E-state index < -0.39 is 0 Å². The molecule has 1 aliphatic heterocycles. The van der Waals surface area contributed by atoms with Gasteiger partial charge in [0, 0.05) is 5.56 Å². The minimum absolute atomic E-state index is 0.0761. The third-order valence-corrected chi connectivity index (χ3v) is 4.14. The Hall–Kier alpha value is -3.15. The molecule has 0 saturated carbocycles. The van der Waals surface area contributed by atoms with Gasteiger partial charge in [-0.05, 0) is 17.7 Å². The van der Waals surface area contributed by atoms with E-state index in [0.29, 0.717) is 0 Å². The van der Waals surface area contributed by atoms with Crippen molar-refractivity contribution in [3.63, 3.8) is 0 Å². The minimum atomic E-state index is -0.289. The maximum Gasteiger partial charge on any atom is 0.242 e. The van der Waals surface area contributed by atoms with Gasteiger partial charge in [-0.15, -0.1) is 5.10 Å². The van der Waals surface area contributed by atoms with Gasteiger partial charge in [0.1, 0.15) is 18.0 Å². The van der Waals surface area contributed by atoms with Gasteiger partial charge in [-0.25, -0.2) is 4.68 Å². The normalized spacial score (nSPS) is 16.4. The van der Waals surface area contributed by atoms with E-state index in [9.17, 15) is 4.79 Å². The lowest BCUT2D eigenvalue weighted by atomic mass is 9.97. The number of carbonyl (C=O) groups excluding carboxylic acids is 1. The zero-order chi connectivity index (χ0) is 16.5. The molecule has 0 aliphatic carbocycles. The van der Waals surface area contributed by atoms with Crippen LogP contribution in [0, 0.1) is 0 Å². The van der Waals surface area contributed by atoms with Gasteiger partial charge >= 0.3 is 0 Å². The molecule has 1 atom stereocenters. The van der Waals surface area contributed by atoms with E-state index in [2.05, 4.69) is 15.6 Å². The maximum absolute atomic E-state index is 12.1. The Balaban J connectivity index is 1.83. The van der Waals surface area contributed by atoms with Crippen molar-refractivity contribution in [2.24, 2.45) is 0 Å². The number of fused-ring (bicyclic) bond motifs is 1. The molecule has 0 spiro atoms. The number of nitrogens with one attached hydrogen (secondary N) is 1. The van der Waals surface area contributed by atoms with E-state index in [1.807, 2.05) is 54.6 Å². The van der Waals surface area contributed by atoms with E-state index in [-0.39, 0.29) is 18.5 Å². The summed E-state index contributed by atoms with van der Waals surface area (Å²) in [6, 6.07) is 17.2. The van der Waals surface area contributed by atoms with Crippen LogP contribution in [-0.2, 0) is 11.3 Å². The summed E-state index contributed by atoms with van der Waals surface area (Å²) in [6.45, 7) is 0.182. The lowest BCUT2D eigenvalue weighted by Gasteiger charge is -2.25. The summed E-state index contributed by atoms with van der Waals surface area (Å²) in [7, 11) is 1.63. The monoisotopic (exact) mass is 320 g/mol. The Morgan fingerprint density at radius 1 is 1.12 bits per heavy atom. The lowest BCUT2D eigenvalue weighted by Crippen LogP contribution is -2.39. The van der Waals surface area contributed by atoms with Crippen molar-refractivity contribution in [1.29, 1.82) is 0 Å². The first-order chi connectivity index (χ1) is 11.8. The van der Waals surface area contributed by atoms with Crippen LogP contribution in [0.2, 0.25) is 0 Å². The van der Waals surface area contributed by atoms with E-state index in [0.717, 1.165) is 28.3 Å². The Kier molecular flexibility index (Phi) is 3.49. The van der Waals surface area contributed by atoms with Gasteiger partial charge in [0.25, 0.3) is 0 Å². The highest BCUT2D eigenvalue weighted by Gasteiger charge is 2.31. The number of ether oxygens (including phenoxy) is 1. The number of carbonyl (C=O) groups is 1. The van der Waals surface area contributed by atoms with Crippen LogP contribution in [0.3, 0.4) is 0 Å². The molecule has 120 valence electrons. The van der Waals surface area contributed by atoms with Crippen LogP contribution in [-0.4, -0.2) is 28.0 Å². The number of hydrogen-bond acceptors (Lipinski definition) is 4. The van der Waals surface area contributed by atoms with Crippen molar-refractivity contribution in [2.45, 2.75) is 12.6 Å². The van der Waals surface area contributed by atoms with Gasteiger partial charge in [-0.1, -0.05) is 47.7 Å². The van der Waals surface area contributed by atoms with Gasteiger partial charge in [-0.3, -0.25) is 4.79 Å². The molecule has 1 aromatic heterocycles. The molecule has 6 nitrogen and oxygen atoms in total. The number of hydrogen-bond donors (Lipinski definition) is 1. The van der Waals surface area contributed by atoms with Crippen molar-refractivity contribution in [2.75, 3.05) is 7.11 Å². The third-order valence-electron chi connectivity index (χ3n) is 4.14. The number of aromatic nitrogens is 3. The average Bonchev–Trinajstić information content (AvgIpc) is 3.05. The van der Waals surface area contributed by atoms with Crippen LogP contribution >= 0.6 is 0 Å². The molecule has 6 heteroatoms. The Labute approximate surface area is 139 Å². The number of rotatable bonds is 3. The van der Waals surface area contributed by atoms with Gasteiger partial charge in [0.2, 0.25) is 5.91 Å². The quantitative estimate of drug-likeness (QED) is 0.803. The van der Waals surface area contributed by atoms with Gasteiger partial charge < -0.3 is 10.1 Å². The summed E-state index contributed by atoms with van der Waals surface area (Å²) < 4.78 is 6.88. The SMILES string of the molecule is COc1ccc(C2NC(=O)Cn3nnc(-c4ccccc4)c32)cc1. The molecule has 24 heavy (non-hydrogen) atoms. The van der Waals surface area contributed by atoms with Gasteiger partial charge in [0.15, 0.2) is 0 Å². The fourth-order valence-electron chi connectivity index (χ4n) is 2.97. The van der Waals surface area contributed by atoms with Crippen molar-refractivity contribution >= 4 is 5.91 Å². The number of nitrogens with zero attached hydrogens (tertiary/aromatic N) is 3. The first-order valence-electron chi connectivity index (χ1n) is 7.68. The molecule has 0 saturated heterocycles. The molecule has 2 heterocycles. The first kappa shape index (κ1) is 14.4. The molecule has 1 amide bonds. The molecule has 1 unspecified atom stereocenters. The van der Waals surface area contributed by atoms with Crippen LogP contribution in [0.1, 0.15) is 17.3 Å². The molecule has 2 aromatic carbocycles. The van der Waals surface area contributed by atoms with Crippen LogP contribution in [0.25, 0.3) is 11.3 Å². The van der Waals surface area contributed by atoms with E-state index in [1.54, 1.807) is 11.8 Å². The van der Waals surface area contributed by atoms with Crippen molar-refractivity contribution < 1.29 is 9.53 Å². The lowest BCUT2D eigenvalue weighted by molar-refractivity contribution is -0.123. The summed E-state index contributed by atoms with van der Waals surface area (Å²) in [5.41, 5.74) is 3.63. The number of methoxy groups -OCH3 is 1. The molecule has 0 fully saturated rings. The second-order valence-electron chi connectivity index (χ2n) is 5.62. The highest BCUT2D eigenvalue weighted by Crippen LogP contribution is 2.32. The van der Waals surface area contributed by atoms with Gasteiger partial charge in [0.05, 0.1) is 18.8 Å². The fourth-order valence-corrected chi connectivity index (χ4v) is 2.97. The number of amides is 1. The van der Waals surface area contributed by atoms with Crippen molar-refractivity contribution in [1.82, 2.24) is 20.3 Å². The zero-order valence-electron chi connectivity index (χ0n) is 13.1. The molecule has 3 aromatic rings. The highest BCUT2D eigenvalue weighted by molar-refractivity contribution is 5.79. The fraction of sp³-hybridized carbons (Fsp3) is 0.167. The predicted octanol–water partition coefficient (Wildman–Crippen LogP) is 2.17. The topological polar surface area (TPSA) is 69.0 Å². The summed E-state index contributed by atoms with van der Waals surface area (Å²) in [6.07, 6.45) is 0. The number of benzene rings is 2. The van der Waals surface area contributed by atoms with Crippen LogP contribution in [0.4, 0.5) is 0 Å². The maximum atomic E-state index is 12.1. The Morgan fingerprint density at radius 2 is 1.88 bits per heavy atom. The molecule has 0 radical (unpaired) electrons. The third kappa shape index (κ3) is 2.42. The van der Waals surface area contributed by atoms with Gasteiger partial charge in [-0.2, -0.15) is 0 Å². The van der Waals surface area contributed by atoms with E-state index in [4.69, 9.17) is 4.74 Å². The second-order valence-corrected chi connectivity index (χ2v) is 5.62. The van der Waals surface area contributed by atoms with Crippen LogP contribution < -0.4 is 10.1 Å². The molecule has 1 aliphatic rings. The highest BCUT2D eigenvalue weighted by atomic mass is 16.5.